The summed E-state index contributed by atoms with van der Waals surface area (Å²) in [6.07, 6.45) is 2.27. The fourth-order valence-corrected chi connectivity index (χ4v) is 3.43. The molecule has 2 heterocycles. The molecule has 1 aromatic carbocycles. The van der Waals surface area contributed by atoms with Crippen LogP contribution in [-0.4, -0.2) is 48.5 Å². The van der Waals surface area contributed by atoms with Gasteiger partial charge < -0.3 is 14.6 Å². The van der Waals surface area contributed by atoms with Crippen molar-refractivity contribution in [3.8, 4) is 5.75 Å². The Labute approximate surface area is 124 Å². The van der Waals surface area contributed by atoms with E-state index in [0.29, 0.717) is 6.54 Å². The molecule has 1 spiro atoms. The van der Waals surface area contributed by atoms with Crippen LogP contribution in [0.15, 0.2) is 18.2 Å². The molecular formula is C16H22FNO3. The molecule has 4 nitrogen and oxygen atoms in total. The Balaban J connectivity index is 1.70. The van der Waals surface area contributed by atoms with E-state index < -0.39 is 5.60 Å². The third-order valence-electron chi connectivity index (χ3n) is 4.57. The Kier molecular flexibility index (Phi) is 4.15. The number of aliphatic hydroxyl groups excluding tert-OH is 1. The van der Waals surface area contributed by atoms with Gasteiger partial charge in [-0.25, -0.2) is 4.39 Å². The topological polar surface area (TPSA) is 41.9 Å². The fourth-order valence-electron chi connectivity index (χ4n) is 3.43. The summed E-state index contributed by atoms with van der Waals surface area (Å²) in [4.78, 5) is 2.27. The molecule has 1 N–H and O–H groups in total. The van der Waals surface area contributed by atoms with Gasteiger partial charge in [-0.15, -0.1) is 0 Å². The van der Waals surface area contributed by atoms with Crippen LogP contribution in [0.25, 0.3) is 0 Å². The van der Waals surface area contributed by atoms with Crippen molar-refractivity contribution in [2.24, 2.45) is 0 Å². The van der Waals surface area contributed by atoms with Crippen LogP contribution in [-0.2, 0) is 11.3 Å². The maximum absolute atomic E-state index is 13.4. The molecule has 2 fully saturated rings. The molecular weight excluding hydrogens is 273 g/mol. The molecule has 0 amide bonds. The van der Waals surface area contributed by atoms with Gasteiger partial charge in [0.05, 0.1) is 13.2 Å². The van der Waals surface area contributed by atoms with E-state index in [2.05, 4.69) is 4.90 Å². The largest absolute Gasteiger partial charge is 0.494 e. The highest BCUT2D eigenvalue weighted by Gasteiger charge is 2.45. The van der Waals surface area contributed by atoms with E-state index >= 15 is 0 Å². The molecule has 116 valence electrons. The van der Waals surface area contributed by atoms with Crippen LogP contribution >= 0.6 is 0 Å². The molecule has 2 atom stereocenters. The average molecular weight is 295 g/mol. The first-order valence-corrected chi connectivity index (χ1v) is 7.50. The van der Waals surface area contributed by atoms with Gasteiger partial charge in [-0.3, -0.25) is 4.90 Å². The van der Waals surface area contributed by atoms with Gasteiger partial charge >= 0.3 is 0 Å². The van der Waals surface area contributed by atoms with Crippen molar-refractivity contribution in [1.29, 1.82) is 0 Å². The number of benzene rings is 1. The van der Waals surface area contributed by atoms with Gasteiger partial charge in [-0.05, 0) is 37.0 Å². The monoisotopic (exact) mass is 295 g/mol. The first-order chi connectivity index (χ1) is 10.1. The first kappa shape index (κ1) is 14.8. The molecule has 0 aromatic heterocycles. The van der Waals surface area contributed by atoms with Gasteiger partial charge in [0.15, 0.2) is 11.6 Å². The van der Waals surface area contributed by atoms with E-state index in [0.717, 1.165) is 44.5 Å². The molecule has 0 unspecified atom stereocenters. The van der Waals surface area contributed by atoms with Crippen molar-refractivity contribution in [1.82, 2.24) is 4.90 Å². The van der Waals surface area contributed by atoms with E-state index in [4.69, 9.17) is 9.47 Å². The molecule has 0 saturated carbocycles. The third kappa shape index (κ3) is 2.91. The third-order valence-corrected chi connectivity index (χ3v) is 4.57. The van der Waals surface area contributed by atoms with Crippen molar-refractivity contribution in [3.63, 3.8) is 0 Å². The number of rotatable bonds is 3. The summed E-state index contributed by atoms with van der Waals surface area (Å²) in [6, 6.07) is 4.96. The highest BCUT2D eigenvalue weighted by Crippen LogP contribution is 2.35. The molecule has 3 rings (SSSR count). The predicted molar refractivity (Wildman–Crippen MR) is 76.8 cm³/mol. The maximum atomic E-state index is 13.4. The Hall–Kier alpha value is -1.17. The zero-order valence-electron chi connectivity index (χ0n) is 12.3. The molecule has 0 bridgehead atoms. The lowest BCUT2D eigenvalue weighted by atomic mass is 9.87. The van der Waals surface area contributed by atoms with Crippen molar-refractivity contribution in [2.75, 3.05) is 26.8 Å². The summed E-state index contributed by atoms with van der Waals surface area (Å²) in [7, 11) is 1.47. The number of aliphatic hydroxyl groups is 1. The summed E-state index contributed by atoms with van der Waals surface area (Å²) in [6.45, 7) is 3.00. The highest BCUT2D eigenvalue weighted by atomic mass is 19.1. The minimum atomic E-state index is -0.400. The number of methoxy groups -OCH3 is 1. The number of piperidine rings is 1. The van der Waals surface area contributed by atoms with Crippen LogP contribution < -0.4 is 4.74 Å². The number of hydrogen-bond acceptors (Lipinski definition) is 4. The SMILES string of the molecule is COc1cc(CN2CC[C@H](O)[C@]3(CCCO3)C2)ccc1F. The molecule has 2 aliphatic rings. The summed E-state index contributed by atoms with van der Waals surface area (Å²) >= 11 is 0. The lowest BCUT2D eigenvalue weighted by molar-refractivity contribution is -0.132. The predicted octanol–water partition coefficient (Wildman–Crippen LogP) is 1.95. The van der Waals surface area contributed by atoms with Gasteiger partial charge in [0.1, 0.15) is 5.60 Å². The van der Waals surface area contributed by atoms with Crippen LogP contribution in [0.4, 0.5) is 4.39 Å². The molecule has 0 radical (unpaired) electrons. The standard InChI is InChI=1S/C16H22FNO3/c1-20-14-9-12(3-4-13(14)17)10-18-7-5-15(19)16(11-18)6-2-8-21-16/h3-4,9,15,19H,2,5-8,10-11H2,1H3/t15-,16-/m0/s1. The van der Waals surface area contributed by atoms with E-state index in [1.165, 1.54) is 13.2 Å². The smallest absolute Gasteiger partial charge is 0.165 e. The summed E-state index contributed by atoms with van der Waals surface area (Å²) in [5.41, 5.74) is 0.611. The Morgan fingerprint density at radius 2 is 2.38 bits per heavy atom. The minimum Gasteiger partial charge on any atom is -0.494 e. The van der Waals surface area contributed by atoms with Crippen molar-refractivity contribution >= 4 is 0 Å². The second-order valence-electron chi connectivity index (χ2n) is 6.00. The zero-order chi connectivity index (χ0) is 14.9. The van der Waals surface area contributed by atoms with Crippen molar-refractivity contribution in [3.05, 3.63) is 29.6 Å². The van der Waals surface area contributed by atoms with Crippen LogP contribution in [0.5, 0.6) is 5.75 Å². The van der Waals surface area contributed by atoms with E-state index in [9.17, 15) is 9.50 Å². The van der Waals surface area contributed by atoms with Crippen LogP contribution in [0, 0.1) is 5.82 Å². The second kappa shape index (κ2) is 5.91. The fraction of sp³-hybridized carbons (Fsp3) is 0.625. The minimum absolute atomic E-state index is 0.274. The van der Waals surface area contributed by atoms with Gasteiger partial charge in [-0.2, -0.15) is 0 Å². The lowest BCUT2D eigenvalue weighted by Crippen LogP contribution is -2.56. The normalized spacial score (nSPS) is 30.0. The van der Waals surface area contributed by atoms with E-state index in [1.54, 1.807) is 12.1 Å². The van der Waals surface area contributed by atoms with Crippen molar-refractivity contribution in [2.45, 2.75) is 37.5 Å². The average Bonchev–Trinajstić information content (AvgIpc) is 2.94. The van der Waals surface area contributed by atoms with E-state index in [1.807, 2.05) is 0 Å². The molecule has 5 heteroatoms. The number of halogens is 1. The van der Waals surface area contributed by atoms with Crippen LogP contribution in [0.3, 0.4) is 0 Å². The Morgan fingerprint density at radius 1 is 1.52 bits per heavy atom. The van der Waals surface area contributed by atoms with Gasteiger partial charge in [0.25, 0.3) is 0 Å². The Morgan fingerprint density at radius 3 is 3.10 bits per heavy atom. The molecule has 1 aromatic rings. The highest BCUT2D eigenvalue weighted by molar-refractivity contribution is 5.30. The number of ether oxygens (including phenoxy) is 2. The molecule has 2 saturated heterocycles. The van der Waals surface area contributed by atoms with Gasteiger partial charge in [0, 0.05) is 26.2 Å². The van der Waals surface area contributed by atoms with Gasteiger partial charge in [-0.1, -0.05) is 6.07 Å². The number of hydrogen-bond donors (Lipinski definition) is 1. The molecule has 21 heavy (non-hydrogen) atoms. The quantitative estimate of drug-likeness (QED) is 0.925. The zero-order valence-corrected chi connectivity index (χ0v) is 12.3. The van der Waals surface area contributed by atoms with E-state index in [-0.39, 0.29) is 17.7 Å². The Bertz CT molecular complexity index is 502. The maximum Gasteiger partial charge on any atom is 0.165 e. The summed E-state index contributed by atoms with van der Waals surface area (Å²) < 4.78 is 24.3. The van der Waals surface area contributed by atoms with Gasteiger partial charge in [0.2, 0.25) is 0 Å². The molecule has 0 aliphatic carbocycles. The summed E-state index contributed by atoms with van der Waals surface area (Å²) in [5, 5.41) is 10.2. The van der Waals surface area contributed by atoms with Crippen molar-refractivity contribution < 1.29 is 19.0 Å². The molecule has 2 aliphatic heterocycles. The van der Waals surface area contributed by atoms with Crippen LogP contribution in [0.2, 0.25) is 0 Å². The number of likely N-dealkylation sites (tertiary alicyclic amines) is 1. The van der Waals surface area contributed by atoms with Crippen LogP contribution in [0.1, 0.15) is 24.8 Å². The first-order valence-electron chi connectivity index (χ1n) is 7.50. The second-order valence-corrected chi connectivity index (χ2v) is 6.00. The lowest BCUT2D eigenvalue weighted by Gasteiger charge is -2.43. The summed E-state index contributed by atoms with van der Waals surface area (Å²) in [5.74, 6) is -0.0673. The number of nitrogens with zero attached hydrogens (tertiary/aromatic N) is 1.